The molecule has 0 bridgehead atoms. The fourth-order valence-corrected chi connectivity index (χ4v) is 3.86. The lowest BCUT2D eigenvalue weighted by molar-refractivity contribution is 0.302. The molecule has 0 aliphatic carbocycles. The maximum absolute atomic E-state index is 11.5. The van der Waals surface area contributed by atoms with Crippen molar-refractivity contribution in [3.05, 3.63) is 59.7 Å². The van der Waals surface area contributed by atoms with Crippen LogP contribution in [0.5, 0.6) is 11.5 Å². The van der Waals surface area contributed by atoms with Crippen molar-refractivity contribution in [2.75, 3.05) is 20.8 Å². The van der Waals surface area contributed by atoms with Gasteiger partial charge in [-0.1, -0.05) is 30.3 Å². The van der Waals surface area contributed by atoms with Crippen molar-refractivity contribution in [2.24, 2.45) is 0 Å². The molecule has 0 unspecified atom stereocenters. The molecule has 0 amide bonds. The minimum absolute atomic E-state index is 0.181. The number of hydrogen-bond donors (Lipinski definition) is 2. The lowest BCUT2D eigenvalue weighted by Gasteiger charge is -2.34. The van der Waals surface area contributed by atoms with Crippen LogP contribution in [-0.4, -0.2) is 35.2 Å². The van der Waals surface area contributed by atoms with Gasteiger partial charge in [-0.2, -0.15) is 8.42 Å². The number of ether oxygens (including phenoxy) is 1. The predicted molar refractivity (Wildman–Crippen MR) is 107 cm³/mol. The molecule has 28 heavy (non-hydrogen) atoms. The molecule has 2 aromatic carbocycles. The van der Waals surface area contributed by atoms with Crippen LogP contribution in [-0.2, 0) is 21.1 Å². The second kappa shape index (κ2) is 9.38. The molecule has 1 heterocycles. The third kappa shape index (κ3) is 5.23. The lowest BCUT2D eigenvalue weighted by atomic mass is 9.92. The Morgan fingerprint density at radius 1 is 1.14 bits per heavy atom. The van der Waals surface area contributed by atoms with Gasteiger partial charge in [-0.3, -0.25) is 0 Å². The molecule has 1 fully saturated rings. The van der Waals surface area contributed by atoms with Crippen LogP contribution in [0.2, 0.25) is 0 Å². The quantitative estimate of drug-likeness (QED) is 0.697. The molecular formula is C20H26N2O5S. The molecule has 7 nitrogen and oxygen atoms in total. The van der Waals surface area contributed by atoms with Crippen molar-refractivity contribution in [3.8, 4) is 11.5 Å². The largest absolute Gasteiger partial charge is 0.496 e. The molecule has 1 aliphatic heterocycles. The summed E-state index contributed by atoms with van der Waals surface area (Å²) in [4.78, 5) is 0. The first-order chi connectivity index (χ1) is 13.5. The third-order valence-electron chi connectivity index (χ3n) is 4.83. The smallest absolute Gasteiger partial charge is 0.448 e. The highest BCUT2D eigenvalue weighted by Crippen LogP contribution is 2.27. The van der Waals surface area contributed by atoms with Gasteiger partial charge < -0.3 is 19.6 Å². The van der Waals surface area contributed by atoms with Crippen LogP contribution >= 0.6 is 0 Å². The van der Waals surface area contributed by atoms with Gasteiger partial charge in [-0.25, -0.2) is 4.18 Å². The summed E-state index contributed by atoms with van der Waals surface area (Å²) in [7, 11) is -1.42. The Labute approximate surface area is 166 Å². The zero-order chi connectivity index (χ0) is 20.0. The average Bonchev–Trinajstić information content (AvgIpc) is 2.73. The molecular weight excluding hydrogens is 380 g/mol. The van der Waals surface area contributed by atoms with Gasteiger partial charge in [0.2, 0.25) is 0 Å². The molecule has 0 radical (unpaired) electrons. The molecule has 0 spiro atoms. The standard InChI is InChI=1S/C20H26N2O5S/c1-25-19-11-10-17(27-28(23,24)26-2)13-16(19)14-22-18-9-6-12-21-20(18)15-7-4-3-5-8-15/h3-5,7-8,10-11,13,18,20-22H,6,9,12,14H2,1-2H3/t18-,20-/m0/s1. The van der Waals surface area contributed by atoms with Gasteiger partial charge in [0.15, 0.2) is 0 Å². The van der Waals surface area contributed by atoms with Crippen LogP contribution in [0.3, 0.4) is 0 Å². The van der Waals surface area contributed by atoms with Gasteiger partial charge in [-0.05, 0) is 43.1 Å². The summed E-state index contributed by atoms with van der Waals surface area (Å²) in [5, 5.41) is 7.17. The van der Waals surface area contributed by atoms with Crippen LogP contribution in [0.4, 0.5) is 0 Å². The van der Waals surface area contributed by atoms with Gasteiger partial charge in [0.1, 0.15) is 11.5 Å². The van der Waals surface area contributed by atoms with E-state index in [2.05, 4.69) is 26.9 Å². The van der Waals surface area contributed by atoms with Crippen molar-refractivity contribution in [3.63, 3.8) is 0 Å². The van der Waals surface area contributed by atoms with E-state index >= 15 is 0 Å². The number of rotatable bonds is 8. The summed E-state index contributed by atoms with van der Waals surface area (Å²) in [5.41, 5.74) is 2.05. The lowest BCUT2D eigenvalue weighted by Crippen LogP contribution is -2.45. The molecule has 0 saturated carbocycles. The van der Waals surface area contributed by atoms with Gasteiger partial charge in [0.25, 0.3) is 0 Å². The Hall–Kier alpha value is -2.13. The summed E-state index contributed by atoms with van der Waals surface area (Å²) in [6.45, 7) is 1.50. The van der Waals surface area contributed by atoms with Crippen LogP contribution in [0.25, 0.3) is 0 Å². The van der Waals surface area contributed by atoms with Crippen molar-refractivity contribution in [2.45, 2.75) is 31.5 Å². The summed E-state index contributed by atoms with van der Waals surface area (Å²) in [5.74, 6) is 0.843. The highest BCUT2D eigenvalue weighted by Gasteiger charge is 2.26. The molecule has 8 heteroatoms. The Bertz CT molecular complexity index is 873. The number of methoxy groups -OCH3 is 1. The maximum atomic E-state index is 11.5. The van der Waals surface area contributed by atoms with E-state index in [4.69, 9.17) is 8.92 Å². The van der Waals surface area contributed by atoms with E-state index < -0.39 is 10.4 Å². The third-order valence-corrected chi connectivity index (χ3v) is 5.63. The summed E-state index contributed by atoms with van der Waals surface area (Å²) >= 11 is 0. The Balaban J connectivity index is 1.74. The topological polar surface area (TPSA) is 85.9 Å². The van der Waals surface area contributed by atoms with Crippen molar-refractivity contribution in [1.82, 2.24) is 10.6 Å². The van der Waals surface area contributed by atoms with E-state index in [1.807, 2.05) is 18.2 Å². The zero-order valence-corrected chi connectivity index (χ0v) is 16.9. The average molecular weight is 407 g/mol. The van der Waals surface area contributed by atoms with E-state index in [-0.39, 0.29) is 17.8 Å². The number of benzene rings is 2. The van der Waals surface area contributed by atoms with Gasteiger partial charge in [0, 0.05) is 24.2 Å². The summed E-state index contributed by atoms with van der Waals surface area (Å²) < 4.78 is 37.8. The van der Waals surface area contributed by atoms with E-state index in [1.165, 1.54) is 11.6 Å². The maximum Gasteiger partial charge on any atom is 0.448 e. The van der Waals surface area contributed by atoms with Gasteiger partial charge in [-0.15, -0.1) is 0 Å². The molecule has 1 aliphatic rings. The number of nitrogens with one attached hydrogen (secondary N) is 2. The number of piperidine rings is 1. The highest BCUT2D eigenvalue weighted by molar-refractivity contribution is 7.82. The first-order valence-corrected chi connectivity index (χ1v) is 10.5. The second-order valence-corrected chi connectivity index (χ2v) is 7.92. The zero-order valence-electron chi connectivity index (χ0n) is 16.1. The fraction of sp³-hybridized carbons (Fsp3) is 0.400. The Morgan fingerprint density at radius 2 is 1.93 bits per heavy atom. The minimum atomic E-state index is -4.06. The second-order valence-electron chi connectivity index (χ2n) is 6.60. The van der Waals surface area contributed by atoms with Gasteiger partial charge in [0.05, 0.1) is 14.2 Å². The molecule has 2 aromatic rings. The molecule has 1 saturated heterocycles. The van der Waals surface area contributed by atoms with E-state index in [0.29, 0.717) is 12.3 Å². The Kier molecular flexibility index (Phi) is 6.90. The first kappa shape index (κ1) is 20.6. The van der Waals surface area contributed by atoms with Crippen LogP contribution < -0.4 is 19.6 Å². The van der Waals surface area contributed by atoms with Crippen LogP contribution in [0.1, 0.15) is 30.0 Å². The summed E-state index contributed by atoms with van der Waals surface area (Å²) in [6, 6.07) is 15.7. The van der Waals surface area contributed by atoms with Gasteiger partial charge >= 0.3 is 10.4 Å². The highest BCUT2D eigenvalue weighted by atomic mass is 32.3. The van der Waals surface area contributed by atoms with Crippen molar-refractivity contribution in [1.29, 1.82) is 0 Å². The molecule has 3 rings (SSSR count). The van der Waals surface area contributed by atoms with Crippen molar-refractivity contribution < 1.29 is 21.5 Å². The fourth-order valence-electron chi connectivity index (χ4n) is 3.46. The number of hydrogen-bond acceptors (Lipinski definition) is 7. The first-order valence-electron chi connectivity index (χ1n) is 9.21. The minimum Gasteiger partial charge on any atom is -0.496 e. The normalized spacial score (nSPS) is 19.9. The SMILES string of the molecule is COc1ccc(OS(=O)(=O)OC)cc1CN[C@H]1CCCN[C@H]1c1ccccc1. The van der Waals surface area contributed by atoms with Crippen LogP contribution in [0.15, 0.2) is 48.5 Å². The van der Waals surface area contributed by atoms with E-state index in [0.717, 1.165) is 32.1 Å². The van der Waals surface area contributed by atoms with E-state index in [9.17, 15) is 8.42 Å². The Morgan fingerprint density at radius 3 is 2.64 bits per heavy atom. The molecule has 0 aromatic heterocycles. The predicted octanol–water partition coefficient (Wildman–Crippen LogP) is 2.55. The molecule has 152 valence electrons. The monoisotopic (exact) mass is 406 g/mol. The summed E-state index contributed by atoms with van der Waals surface area (Å²) in [6.07, 6.45) is 2.14. The van der Waals surface area contributed by atoms with Crippen molar-refractivity contribution >= 4 is 10.4 Å². The molecule has 2 N–H and O–H groups in total. The van der Waals surface area contributed by atoms with Crippen LogP contribution in [0, 0.1) is 0 Å². The van der Waals surface area contributed by atoms with E-state index in [1.54, 1.807) is 19.2 Å². The molecule has 2 atom stereocenters.